The molecular weight excluding hydrogens is 550 g/mol. The zero-order valence-corrected chi connectivity index (χ0v) is 24.5. The summed E-state index contributed by atoms with van der Waals surface area (Å²) in [5, 5.41) is 14.7. The number of carbonyl (C=O) groups is 1. The molecule has 43 heavy (non-hydrogen) atoms. The Bertz CT molecular complexity index is 1560. The number of amides is 1. The summed E-state index contributed by atoms with van der Waals surface area (Å²) in [7, 11) is 2.09. The maximum Gasteiger partial charge on any atom is 0.258 e. The Hall–Kier alpha value is -4.02. The summed E-state index contributed by atoms with van der Waals surface area (Å²) in [5.41, 5.74) is 4.49. The van der Waals surface area contributed by atoms with E-state index in [4.69, 9.17) is 4.74 Å². The number of benzene rings is 3. The molecule has 8 nitrogen and oxygen atoms in total. The van der Waals surface area contributed by atoms with Crippen molar-refractivity contribution >= 4 is 34.0 Å². The number of likely N-dealkylation sites (tertiary alicyclic amines) is 1. The third kappa shape index (κ3) is 7.14. The Morgan fingerprint density at radius 2 is 1.79 bits per heavy atom. The number of ether oxygens (including phenoxy) is 1. The molecule has 2 fully saturated rings. The molecule has 1 aromatic heterocycles. The largest absolute Gasteiger partial charge is 0.381 e. The lowest BCUT2D eigenvalue weighted by molar-refractivity contribution is 0.0904. The van der Waals surface area contributed by atoms with Crippen molar-refractivity contribution in [3.8, 4) is 0 Å². The van der Waals surface area contributed by atoms with Gasteiger partial charge in [0.2, 0.25) is 0 Å². The maximum atomic E-state index is 13.7. The van der Waals surface area contributed by atoms with Crippen molar-refractivity contribution in [2.24, 2.45) is 0 Å². The number of aromatic amines is 1. The first-order valence-electron chi connectivity index (χ1n) is 15.1. The van der Waals surface area contributed by atoms with E-state index in [1.807, 2.05) is 30.3 Å². The van der Waals surface area contributed by atoms with E-state index in [1.165, 1.54) is 25.0 Å². The topological polar surface area (TPSA) is 85.5 Å². The summed E-state index contributed by atoms with van der Waals surface area (Å²) in [6.45, 7) is 5.64. The number of anilines is 3. The van der Waals surface area contributed by atoms with Crippen molar-refractivity contribution in [1.29, 1.82) is 0 Å². The molecule has 3 N–H and O–H groups in total. The molecule has 0 aliphatic carbocycles. The summed E-state index contributed by atoms with van der Waals surface area (Å²) < 4.78 is 33.0. The number of halogens is 2. The van der Waals surface area contributed by atoms with Crippen LogP contribution in [0.5, 0.6) is 0 Å². The molecule has 10 heteroatoms. The second-order valence-electron chi connectivity index (χ2n) is 11.6. The van der Waals surface area contributed by atoms with E-state index >= 15 is 0 Å². The minimum Gasteiger partial charge on any atom is -0.381 e. The quantitative estimate of drug-likeness (QED) is 0.217. The van der Waals surface area contributed by atoms with Crippen LogP contribution in [0.25, 0.3) is 10.9 Å². The highest BCUT2D eigenvalue weighted by atomic mass is 19.1. The van der Waals surface area contributed by atoms with Crippen molar-refractivity contribution in [3.05, 3.63) is 82.9 Å². The molecule has 3 aromatic carbocycles. The summed E-state index contributed by atoms with van der Waals surface area (Å²) >= 11 is 0. The van der Waals surface area contributed by atoms with Gasteiger partial charge in [-0.05, 0) is 98.8 Å². The van der Waals surface area contributed by atoms with E-state index in [0.29, 0.717) is 36.6 Å². The van der Waals surface area contributed by atoms with Gasteiger partial charge in [-0.3, -0.25) is 9.89 Å². The van der Waals surface area contributed by atoms with Crippen LogP contribution in [0, 0.1) is 11.6 Å². The highest BCUT2D eigenvalue weighted by molar-refractivity contribution is 6.11. The molecule has 0 saturated carbocycles. The van der Waals surface area contributed by atoms with E-state index in [9.17, 15) is 13.6 Å². The molecule has 4 aromatic rings. The van der Waals surface area contributed by atoms with Gasteiger partial charge in [-0.15, -0.1) is 0 Å². The molecular formula is C33H38F2N6O2. The molecule has 0 radical (unpaired) electrons. The second kappa shape index (κ2) is 13.1. The predicted molar refractivity (Wildman–Crippen MR) is 166 cm³/mol. The van der Waals surface area contributed by atoms with Crippen LogP contribution in [0.3, 0.4) is 0 Å². The average molecular weight is 589 g/mol. The molecule has 2 saturated heterocycles. The first-order valence-corrected chi connectivity index (χ1v) is 15.1. The number of hydrogen-bond donors (Lipinski definition) is 3. The first-order chi connectivity index (χ1) is 20.9. The van der Waals surface area contributed by atoms with Gasteiger partial charge >= 0.3 is 0 Å². The molecule has 3 heterocycles. The fourth-order valence-electron chi connectivity index (χ4n) is 5.97. The number of fused-ring (bicyclic) bond motifs is 1. The lowest BCUT2D eigenvalue weighted by Crippen LogP contribution is -2.32. The smallest absolute Gasteiger partial charge is 0.258 e. The van der Waals surface area contributed by atoms with Crippen LogP contribution < -0.4 is 15.5 Å². The normalized spacial score (nSPS) is 16.1. The molecule has 0 bridgehead atoms. The molecule has 6 rings (SSSR count). The number of nitrogens with zero attached hydrogens (tertiary/aromatic N) is 3. The van der Waals surface area contributed by atoms with Gasteiger partial charge in [0.25, 0.3) is 5.91 Å². The standard InChI is InChI=1S/C33H38F2N6O2/c1-40(12-13-41-10-2-3-11-41)27-5-6-28(31(21-27)36-26-8-14-43-15-9-26)33(42)37-32-29-19-22(4-7-30(29)38-39-32)16-23-17-24(34)20-25(35)18-23/h4-7,17-21,26,36H,2-3,8-16H2,1H3,(H2,37,38,39,42). The molecule has 0 atom stereocenters. The summed E-state index contributed by atoms with van der Waals surface area (Å²) in [6.07, 6.45) is 4.63. The number of likely N-dealkylation sites (N-methyl/N-ethyl adjacent to an activating group) is 1. The Morgan fingerprint density at radius 1 is 1.02 bits per heavy atom. The fourth-order valence-corrected chi connectivity index (χ4v) is 5.97. The predicted octanol–water partition coefficient (Wildman–Crippen LogP) is 5.81. The van der Waals surface area contributed by atoms with Crippen LogP contribution >= 0.6 is 0 Å². The Morgan fingerprint density at radius 3 is 2.56 bits per heavy atom. The van der Waals surface area contributed by atoms with E-state index < -0.39 is 11.6 Å². The Labute approximate surface area is 250 Å². The van der Waals surface area contributed by atoms with Gasteiger partial charge in [0, 0.05) is 62.2 Å². The lowest BCUT2D eigenvalue weighted by Gasteiger charge is -2.27. The highest BCUT2D eigenvalue weighted by Crippen LogP contribution is 2.29. The van der Waals surface area contributed by atoms with Gasteiger partial charge in [0.1, 0.15) is 11.6 Å². The van der Waals surface area contributed by atoms with E-state index in [-0.39, 0.29) is 11.9 Å². The van der Waals surface area contributed by atoms with Gasteiger partial charge < -0.3 is 25.2 Å². The Kier molecular flexibility index (Phi) is 8.85. The number of rotatable bonds is 10. The maximum absolute atomic E-state index is 13.7. The van der Waals surface area contributed by atoms with Crippen LogP contribution in [-0.4, -0.2) is 73.5 Å². The van der Waals surface area contributed by atoms with Crippen molar-refractivity contribution in [2.45, 2.75) is 38.1 Å². The SMILES string of the molecule is CN(CCN1CCCC1)c1ccc(C(=O)Nc2n[nH]c3ccc(Cc4cc(F)cc(F)c4)cc23)c(NC2CCOCC2)c1. The van der Waals surface area contributed by atoms with E-state index in [1.54, 1.807) is 0 Å². The van der Waals surface area contributed by atoms with Gasteiger partial charge in [0.05, 0.1) is 11.1 Å². The molecule has 2 aliphatic heterocycles. The van der Waals surface area contributed by atoms with Gasteiger partial charge in [-0.2, -0.15) is 5.10 Å². The number of carbonyl (C=O) groups excluding carboxylic acids is 1. The summed E-state index contributed by atoms with van der Waals surface area (Å²) in [5.74, 6) is -1.09. The molecule has 0 spiro atoms. The summed E-state index contributed by atoms with van der Waals surface area (Å²) in [6, 6.07) is 15.3. The molecule has 226 valence electrons. The minimum absolute atomic E-state index is 0.215. The van der Waals surface area contributed by atoms with Gasteiger partial charge in [-0.25, -0.2) is 8.78 Å². The number of hydrogen-bond acceptors (Lipinski definition) is 6. The summed E-state index contributed by atoms with van der Waals surface area (Å²) in [4.78, 5) is 18.5. The average Bonchev–Trinajstić information content (AvgIpc) is 3.66. The van der Waals surface area contributed by atoms with Crippen molar-refractivity contribution in [1.82, 2.24) is 15.1 Å². The minimum atomic E-state index is -0.610. The zero-order valence-electron chi connectivity index (χ0n) is 24.5. The number of H-pyrrole nitrogens is 1. The second-order valence-corrected chi connectivity index (χ2v) is 11.6. The van der Waals surface area contributed by atoms with Crippen LogP contribution in [-0.2, 0) is 11.2 Å². The van der Waals surface area contributed by atoms with Crippen molar-refractivity contribution in [3.63, 3.8) is 0 Å². The Balaban J connectivity index is 1.22. The third-order valence-electron chi connectivity index (χ3n) is 8.41. The van der Waals surface area contributed by atoms with E-state index in [2.05, 4.69) is 43.7 Å². The van der Waals surface area contributed by atoms with E-state index in [0.717, 1.165) is 72.9 Å². The lowest BCUT2D eigenvalue weighted by atomic mass is 10.0. The van der Waals surface area contributed by atoms with Crippen LogP contribution in [0.1, 0.15) is 47.2 Å². The number of nitrogens with one attached hydrogen (secondary N) is 3. The zero-order chi connectivity index (χ0) is 29.8. The van der Waals surface area contributed by atoms with Gasteiger partial charge in [-0.1, -0.05) is 6.07 Å². The van der Waals surface area contributed by atoms with Crippen LogP contribution in [0.4, 0.5) is 26.0 Å². The van der Waals surface area contributed by atoms with Crippen LogP contribution in [0.2, 0.25) is 0 Å². The molecule has 1 amide bonds. The third-order valence-corrected chi connectivity index (χ3v) is 8.41. The molecule has 2 aliphatic rings. The van der Waals surface area contributed by atoms with Crippen molar-refractivity contribution < 1.29 is 18.3 Å². The van der Waals surface area contributed by atoms with Crippen LogP contribution in [0.15, 0.2) is 54.6 Å². The van der Waals surface area contributed by atoms with Crippen molar-refractivity contribution in [2.75, 3.05) is 62.0 Å². The monoisotopic (exact) mass is 588 g/mol. The molecule has 0 unspecified atom stereocenters. The highest BCUT2D eigenvalue weighted by Gasteiger charge is 2.21. The fraction of sp³-hybridized carbons (Fsp3) is 0.394. The number of aromatic nitrogens is 2. The first kappa shape index (κ1) is 29.1. The van der Waals surface area contributed by atoms with Gasteiger partial charge in [0.15, 0.2) is 5.82 Å².